The Morgan fingerprint density at radius 2 is 1.87 bits per heavy atom. The van der Waals surface area contributed by atoms with E-state index in [1.54, 1.807) is 7.11 Å². The molecule has 0 saturated heterocycles. The van der Waals surface area contributed by atoms with E-state index in [0.717, 1.165) is 17.6 Å². The van der Waals surface area contributed by atoms with Gasteiger partial charge in [-0.05, 0) is 48.9 Å². The van der Waals surface area contributed by atoms with Gasteiger partial charge in [-0.1, -0.05) is 71.2 Å². The SMILES string of the molecule is C=CN.CCC.COc1ccccc1CCC1CCCC(C)C1. The number of hydrogen-bond acceptors (Lipinski definition) is 2. The van der Waals surface area contributed by atoms with Crippen molar-refractivity contribution < 1.29 is 4.74 Å². The van der Waals surface area contributed by atoms with Crippen LogP contribution in [0.4, 0.5) is 0 Å². The van der Waals surface area contributed by atoms with E-state index in [2.05, 4.69) is 51.3 Å². The van der Waals surface area contributed by atoms with E-state index < -0.39 is 0 Å². The van der Waals surface area contributed by atoms with Crippen LogP contribution >= 0.6 is 0 Å². The number of benzene rings is 1. The lowest BCUT2D eigenvalue weighted by atomic mass is 9.80. The summed E-state index contributed by atoms with van der Waals surface area (Å²) in [6.45, 7) is 9.79. The molecule has 1 aliphatic rings. The molecule has 1 saturated carbocycles. The van der Waals surface area contributed by atoms with Gasteiger partial charge in [-0.2, -0.15) is 0 Å². The largest absolute Gasteiger partial charge is 0.496 e. The fourth-order valence-corrected chi connectivity index (χ4v) is 3.09. The Balaban J connectivity index is 0.000000704. The monoisotopic (exact) mass is 319 g/mol. The molecule has 2 atom stereocenters. The minimum Gasteiger partial charge on any atom is -0.496 e. The van der Waals surface area contributed by atoms with Crippen LogP contribution in [0.15, 0.2) is 37.0 Å². The Bertz CT molecular complexity index is 403. The van der Waals surface area contributed by atoms with Gasteiger partial charge in [0.05, 0.1) is 7.11 Å². The molecule has 2 nitrogen and oxygen atoms in total. The van der Waals surface area contributed by atoms with Gasteiger partial charge < -0.3 is 10.5 Å². The molecule has 0 amide bonds. The van der Waals surface area contributed by atoms with Crippen LogP contribution in [-0.4, -0.2) is 7.11 Å². The summed E-state index contributed by atoms with van der Waals surface area (Å²) in [7, 11) is 1.77. The molecule has 1 aromatic carbocycles. The molecule has 2 heteroatoms. The molecule has 1 aliphatic carbocycles. The topological polar surface area (TPSA) is 35.2 Å². The van der Waals surface area contributed by atoms with Crippen molar-refractivity contribution in [1.82, 2.24) is 0 Å². The summed E-state index contributed by atoms with van der Waals surface area (Å²) in [6.07, 6.45) is 10.7. The van der Waals surface area contributed by atoms with Gasteiger partial charge in [0.1, 0.15) is 5.75 Å². The van der Waals surface area contributed by atoms with Crippen LogP contribution < -0.4 is 10.5 Å². The van der Waals surface area contributed by atoms with E-state index >= 15 is 0 Å². The maximum Gasteiger partial charge on any atom is 0.122 e. The Hall–Kier alpha value is -1.44. The van der Waals surface area contributed by atoms with Gasteiger partial charge in [0.15, 0.2) is 0 Å². The Morgan fingerprint density at radius 3 is 2.43 bits per heavy atom. The van der Waals surface area contributed by atoms with Crippen molar-refractivity contribution in [3.63, 3.8) is 0 Å². The Kier molecular flexibility index (Phi) is 13.3. The molecule has 2 unspecified atom stereocenters. The first-order valence-corrected chi connectivity index (χ1v) is 9.07. The number of para-hydroxylation sites is 1. The van der Waals surface area contributed by atoms with E-state index in [4.69, 9.17) is 4.74 Å². The highest BCUT2D eigenvalue weighted by atomic mass is 16.5. The van der Waals surface area contributed by atoms with Gasteiger partial charge in [0, 0.05) is 0 Å². The molecule has 0 bridgehead atoms. The molecule has 0 aliphatic heterocycles. The van der Waals surface area contributed by atoms with Gasteiger partial charge in [0.2, 0.25) is 0 Å². The van der Waals surface area contributed by atoms with Gasteiger partial charge in [-0.15, -0.1) is 0 Å². The maximum absolute atomic E-state index is 5.41. The summed E-state index contributed by atoms with van der Waals surface area (Å²) >= 11 is 0. The molecule has 0 radical (unpaired) electrons. The molecule has 132 valence electrons. The normalized spacial score (nSPS) is 19.5. The average Bonchev–Trinajstić information content (AvgIpc) is 2.55. The second-order valence-electron chi connectivity index (χ2n) is 6.43. The smallest absolute Gasteiger partial charge is 0.122 e. The van der Waals surface area contributed by atoms with E-state index in [1.807, 2.05) is 6.07 Å². The highest BCUT2D eigenvalue weighted by Crippen LogP contribution is 2.32. The van der Waals surface area contributed by atoms with E-state index in [0.29, 0.717) is 0 Å². The molecular formula is C21H37NO. The molecule has 0 spiro atoms. The number of methoxy groups -OCH3 is 1. The first-order valence-electron chi connectivity index (χ1n) is 9.07. The van der Waals surface area contributed by atoms with Crippen molar-refractivity contribution >= 4 is 0 Å². The van der Waals surface area contributed by atoms with Crippen molar-refractivity contribution in [2.75, 3.05) is 7.11 Å². The average molecular weight is 320 g/mol. The molecule has 23 heavy (non-hydrogen) atoms. The number of rotatable bonds is 4. The van der Waals surface area contributed by atoms with Crippen LogP contribution in [0.5, 0.6) is 5.75 Å². The highest BCUT2D eigenvalue weighted by Gasteiger charge is 2.18. The zero-order valence-electron chi connectivity index (χ0n) is 15.7. The minimum absolute atomic E-state index is 0.934. The van der Waals surface area contributed by atoms with Crippen molar-refractivity contribution in [3.05, 3.63) is 42.6 Å². The van der Waals surface area contributed by atoms with E-state index in [-0.39, 0.29) is 0 Å². The third-order valence-corrected chi connectivity index (χ3v) is 4.06. The lowest BCUT2D eigenvalue weighted by Crippen LogP contribution is -2.14. The van der Waals surface area contributed by atoms with Gasteiger partial charge >= 0.3 is 0 Å². The molecule has 0 aromatic heterocycles. The highest BCUT2D eigenvalue weighted by molar-refractivity contribution is 5.33. The maximum atomic E-state index is 5.41. The summed E-state index contributed by atoms with van der Waals surface area (Å²) in [6, 6.07) is 8.43. The van der Waals surface area contributed by atoms with Gasteiger partial charge in [-0.25, -0.2) is 0 Å². The summed E-state index contributed by atoms with van der Waals surface area (Å²) in [5.74, 6) is 2.92. The van der Waals surface area contributed by atoms with Crippen molar-refractivity contribution in [3.8, 4) is 5.75 Å². The Labute approximate surface area is 144 Å². The zero-order chi connectivity index (χ0) is 17.5. The van der Waals surface area contributed by atoms with Crippen LogP contribution in [-0.2, 0) is 6.42 Å². The standard InChI is InChI=1S/C16H24O.C3H8.C2H5N/c1-13-6-5-7-14(12-13)10-11-15-8-3-4-9-16(15)17-2;1-3-2;1-2-3/h3-4,8-9,13-14H,5-7,10-12H2,1-2H3;3H2,1-2H3;2H,1,3H2. The zero-order valence-corrected chi connectivity index (χ0v) is 15.7. The third kappa shape index (κ3) is 10.0. The van der Waals surface area contributed by atoms with Gasteiger partial charge in [-0.3, -0.25) is 0 Å². The lowest BCUT2D eigenvalue weighted by molar-refractivity contribution is 0.269. The summed E-state index contributed by atoms with van der Waals surface area (Å²) < 4.78 is 5.41. The first kappa shape index (κ1) is 21.6. The molecule has 1 aromatic rings. The van der Waals surface area contributed by atoms with E-state index in [1.165, 1.54) is 56.7 Å². The predicted octanol–water partition coefficient (Wildman–Crippen LogP) is 5.96. The van der Waals surface area contributed by atoms with Crippen molar-refractivity contribution in [2.45, 2.75) is 65.7 Å². The van der Waals surface area contributed by atoms with Crippen molar-refractivity contribution in [2.24, 2.45) is 17.6 Å². The molecule has 2 N–H and O–H groups in total. The van der Waals surface area contributed by atoms with Crippen LogP contribution in [0, 0.1) is 11.8 Å². The summed E-state index contributed by atoms with van der Waals surface area (Å²) in [5, 5.41) is 0. The predicted molar refractivity (Wildman–Crippen MR) is 103 cm³/mol. The molecule has 1 fully saturated rings. The lowest BCUT2D eigenvalue weighted by Gasteiger charge is -2.26. The fraction of sp³-hybridized carbons (Fsp3) is 0.619. The first-order chi connectivity index (χ1) is 11.1. The third-order valence-electron chi connectivity index (χ3n) is 4.06. The quantitative estimate of drug-likeness (QED) is 0.743. The Morgan fingerprint density at radius 1 is 1.26 bits per heavy atom. The number of ether oxygens (including phenoxy) is 1. The van der Waals surface area contributed by atoms with Crippen LogP contribution in [0.1, 0.15) is 64.9 Å². The number of nitrogens with two attached hydrogens (primary N) is 1. The van der Waals surface area contributed by atoms with E-state index in [9.17, 15) is 0 Å². The molecular weight excluding hydrogens is 282 g/mol. The van der Waals surface area contributed by atoms with Crippen LogP contribution in [0.3, 0.4) is 0 Å². The second-order valence-corrected chi connectivity index (χ2v) is 6.43. The van der Waals surface area contributed by atoms with Crippen molar-refractivity contribution in [1.29, 1.82) is 0 Å². The van der Waals surface area contributed by atoms with Gasteiger partial charge in [0.25, 0.3) is 0 Å². The van der Waals surface area contributed by atoms with Crippen LogP contribution in [0.2, 0.25) is 0 Å². The second kappa shape index (κ2) is 14.2. The summed E-state index contributed by atoms with van der Waals surface area (Å²) in [4.78, 5) is 0. The summed E-state index contributed by atoms with van der Waals surface area (Å²) in [5.41, 5.74) is 5.98. The molecule has 2 rings (SSSR count). The fourth-order valence-electron chi connectivity index (χ4n) is 3.09. The number of hydrogen-bond donors (Lipinski definition) is 1. The number of aryl methyl sites for hydroxylation is 1. The minimum atomic E-state index is 0.934. The molecule has 0 heterocycles. The van der Waals surface area contributed by atoms with Crippen LogP contribution in [0.25, 0.3) is 0 Å².